The first kappa shape index (κ1) is 12.6. The van der Waals surface area contributed by atoms with Crippen LogP contribution >= 0.6 is 0 Å². The van der Waals surface area contributed by atoms with Crippen LogP contribution < -0.4 is 5.32 Å². The molecule has 1 nitrogen and oxygen atoms in total. The zero-order valence-corrected chi connectivity index (χ0v) is 11.6. The highest BCUT2D eigenvalue weighted by Gasteiger charge is 2.53. The van der Waals surface area contributed by atoms with E-state index in [9.17, 15) is 0 Å². The van der Waals surface area contributed by atoms with Crippen molar-refractivity contribution in [3.8, 4) is 0 Å². The van der Waals surface area contributed by atoms with Gasteiger partial charge in [-0.25, -0.2) is 0 Å². The second kappa shape index (κ2) is 4.81. The maximum Gasteiger partial charge on any atom is 0.0112 e. The summed E-state index contributed by atoms with van der Waals surface area (Å²) in [6.07, 6.45) is 2.65. The Morgan fingerprint density at radius 3 is 2.59 bits per heavy atom. The van der Waals surface area contributed by atoms with Crippen molar-refractivity contribution in [2.75, 3.05) is 6.54 Å². The lowest BCUT2D eigenvalue weighted by Gasteiger charge is -2.22. The van der Waals surface area contributed by atoms with E-state index in [1.165, 1.54) is 18.4 Å². The van der Waals surface area contributed by atoms with Gasteiger partial charge in [-0.1, -0.05) is 51.5 Å². The Morgan fingerprint density at radius 1 is 1.35 bits per heavy atom. The second-order valence-corrected chi connectivity index (χ2v) is 5.82. The van der Waals surface area contributed by atoms with Crippen LogP contribution in [0.2, 0.25) is 0 Å². The molecule has 1 heteroatoms. The number of benzene rings is 1. The maximum absolute atomic E-state index is 3.64. The zero-order valence-electron chi connectivity index (χ0n) is 11.6. The van der Waals surface area contributed by atoms with Crippen LogP contribution in [-0.4, -0.2) is 12.6 Å². The molecule has 2 atom stereocenters. The van der Waals surface area contributed by atoms with Gasteiger partial charge in [-0.3, -0.25) is 0 Å². The van der Waals surface area contributed by atoms with Crippen LogP contribution in [0.3, 0.4) is 0 Å². The minimum atomic E-state index is 0.421. The number of rotatable bonds is 5. The summed E-state index contributed by atoms with van der Waals surface area (Å²) in [6.45, 7) is 10.2. The molecule has 0 aliphatic heterocycles. The van der Waals surface area contributed by atoms with Crippen molar-refractivity contribution in [3.63, 3.8) is 0 Å². The number of hydrogen-bond donors (Lipinski definition) is 1. The van der Waals surface area contributed by atoms with Crippen molar-refractivity contribution >= 4 is 0 Å². The predicted molar refractivity (Wildman–Crippen MR) is 74.4 cm³/mol. The van der Waals surface area contributed by atoms with Crippen LogP contribution in [0.5, 0.6) is 0 Å². The molecule has 0 spiro atoms. The molecule has 1 saturated carbocycles. The van der Waals surface area contributed by atoms with E-state index < -0.39 is 0 Å². The molecule has 94 valence electrons. The van der Waals surface area contributed by atoms with Crippen LogP contribution in [0, 0.1) is 12.8 Å². The predicted octanol–water partition coefficient (Wildman–Crippen LogP) is 3.66. The fourth-order valence-electron chi connectivity index (χ4n) is 3.08. The fraction of sp³-hybridized carbons (Fsp3) is 0.625. The van der Waals surface area contributed by atoms with Gasteiger partial charge < -0.3 is 5.32 Å². The highest BCUT2D eigenvalue weighted by Crippen LogP contribution is 2.56. The minimum Gasteiger partial charge on any atom is -0.314 e. The molecule has 0 amide bonds. The number of aryl methyl sites for hydroxylation is 1. The first-order chi connectivity index (χ1) is 8.10. The highest BCUT2D eigenvalue weighted by atomic mass is 14.9. The molecule has 2 rings (SSSR count). The molecule has 1 fully saturated rings. The molecule has 2 unspecified atom stereocenters. The summed E-state index contributed by atoms with van der Waals surface area (Å²) < 4.78 is 0. The van der Waals surface area contributed by atoms with Gasteiger partial charge in [-0.15, -0.1) is 0 Å². The molecule has 0 heterocycles. The van der Waals surface area contributed by atoms with Gasteiger partial charge in [0, 0.05) is 18.0 Å². The number of nitrogens with one attached hydrogen (secondary N) is 1. The average Bonchev–Trinajstić information content (AvgIpc) is 3.02. The Hall–Kier alpha value is -0.820. The van der Waals surface area contributed by atoms with E-state index >= 15 is 0 Å². The van der Waals surface area contributed by atoms with Gasteiger partial charge in [0.25, 0.3) is 0 Å². The summed E-state index contributed by atoms with van der Waals surface area (Å²) >= 11 is 0. The minimum absolute atomic E-state index is 0.421. The molecule has 1 aliphatic rings. The van der Waals surface area contributed by atoms with Crippen molar-refractivity contribution in [1.82, 2.24) is 5.32 Å². The van der Waals surface area contributed by atoms with Gasteiger partial charge in [0.05, 0.1) is 0 Å². The summed E-state index contributed by atoms with van der Waals surface area (Å²) in [7, 11) is 0. The average molecular weight is 231 g/mol. The quantitative estimate of drug-likeness (QED) is 0.815. The van der Waals surface area contributed by atoms with Crippen molar-refractivity contribution in [2.45, 2.75) is 52.0 Å². The summed E-state index contributed by atoms with van der Waals surface area (Å²) in [5, 5.41) is 3.64. The maximum atomic E-state index is 3.64. The Kier molecular flexibility index (Phi) is 3.58. The molecular weight excluding hydrogens is 206 g/mol. The summed E-state index contributed by atoms with van der Waals surface area (Å²) in [6, 6.07) is 9.48. The van der Waals surface area contributed by atoms with Crippen LogP contribution in [-0.2, 0) is 5.41 Å². The smallest absolute Gasteiger partial charge is 0.0112 e. The van der Waals surface area contributed by atoms with E-state index in [1.807, 2.05) is 0 Å². The summed E-state index contributed by atoms with van der Waals surface area (Å²) in [5.74, 6) is 0.870. The Labute approximate surface area is 106 Å². The van der Waals surface area contributed by atoms with Crippen LogP contribution in [0.25, 0.3) is 0 Å². The zero-order chi connectivity index (χ0) is 12.5. The first-order valence-electron chi connectivity index (χ1n) is 6.89. The summed E-state index contributed by atoms with van der Waals surface area (Å²) in [5.41, 5.74) is 3.44. The van der Waals surface area contributed by atoms with Crippen molar-refractivity contribution in [2.24, 2.45) is 5.92 Å². The Balaban J connectivity index is 2.21. The molecule has 0 saturated heterocycles. The molecule has 1 N–H and O–H groups in total. The highest BCUT2D eigenvalue weighted by molar-refractivity contribution is 5.40. The lowest BCUT2D eigenvalue weighted by atomic mass is 9.88. The van der Waals surface area contributed by atoms with Gasteiger partial charge in [0.1, 0.15) is 0 Å². The molecule has 1 aromatic rings. The topological polar surface area (TPSA) is 12.0 Å². The van der Waals surface area contributed by atoms with E-state index in [0.29, 0.717) is 11.5 Å². The van der Waals surface area contributed by atoms with Crippen molar-refractivity contribution in [1.29, 1.82) is 0 Å². The normalized spacial score (nSPS) is 27.5. The molecular formula is C16H25N. The first-order valence-corrected chi connectivity index (χ1v) is 6.89. The monoisotopic (exact) mass is 231 g/mol. The third kappa shape index (κ3) is 2.40. The molecule has 1 aliphatic carbocycles. The Morgan fingerprint density at radius 2 is 2.06 bits per heavy atom. The molecule has 0 bridgehead atoms. The summed E-state index contributed by atoms with van der Waals surface area (Å²) in [4.78, 5) is 0. The molecule has 0 radical (unpaired) electrons. The molecule has 17 heavy (non-hydrogen) atoms. The van der Waals surface area contributed by atoms with Gasteiger partial charge in [-0.05, 0) is 30.4 Å². The number of hydrogen-bond acceptors (Lipinski definition) is 1. The standard InChI is InChI=1S/C16H25N/c1-5-14-10-16(14,11-17-12(2)3)15-9-7-6-8-13(15)4/h6-9,12,14,17H,5,10-11H2,1-4H3. The SMILES string of the molecule is CCC1CC1(CNC(C)C)c1ccccc1C. The van der Waals surface area contributed by atoms with Gasteiger partial charge >= 0.3 is 0 Å². The third-order valence-corrected chi connectivity index (χ3v) is 4.23. The molecule has 1 aromatic carbocycles. The fourth-order valence-corrected chi connectivity index (χ4v) is 3.08. The van der Waals surface area contributed by atoms with Crippen molar-refractivity contribution in [3.05, 3.63) is 35.4 Å². The van der Waals surface area contributed by atoms with Gasteiger partial charge in [0.2, 0.25) is 0 Å². The van der Waals surface area contributed by atoms with Gasteiger partial charge in [0.15, 0.2) is 0 Å². The second-order valence-electron chi connectivity index (χ2n) is 5.82. The van der Waals surface area contributed by atoms with Crippen molar-refractivity contribution < 1.29 is 0 Å². The van der Waals surface area contributed by atoms with E-state index in [0.717, 1.165) is 12.5 Å². The lowest BCUT2D eigenvalue weighted by molar-refractivity contribution is 0.486. The van der Waals surface area contributed by atoms with E-state index in [-0.39, 0.29) is 0 Å². The van der Waals surface area contributed by atoms with Crippen LogP contribution in [0.4, 0.5) is 0 Å². The molecule has 0 aromatic heterocycles. The van der Waals surface area contributed by atoms with Gasteiger partial charge in [-0.2, -0.15) is 0 Å². The lowest BCUT2D eigenvalue weighted by Crippen LogP contribution is -2.33. The van der Waals surface area contributed by atoms with E-state index in [4.69, 9.17) is 0 Å². The van der Waals surface area contributed by atoms with E-state index in [2.05, 4.69) is 57.3 Å². The Bertz CT molecular complexity index is 383. The van der Waals surface area contributed by atoms with E-state index in [1.54, 1.807) is 5.56 Å². The largest absolute Gasteiger partial charge is 0.314 e. The third-order valence-electron chi connectivity index (χ3n) is 4.23. The van der Waals surface area contributed by atoms with Crippen LogP contribution in [0.1, 0.15) is 44.7 Å². The van der Waals surface area contributed by atoms with Crippen LogP contribution in [0.15, 0.2) is 24.3 Å².